The van der Waals surface area contributed by atoms with Crippen LogP contribution < -0.4 is 5.32 Å². The number of aromatic nitrogens is 2. The first-order valence-electron chi connectivity index (χ1n) is 8.12. The van der Waals surface area contributed by atoms with Gasteiger partial charge in [0.25, 0.3) is 11.6 Å². The van der Waals surface area contributed by atoms with Crippen LogP contribution in [0.2, 0.25) is 0 Å². The Balaban J connectivity index is 1.83. The van der Waals surface area contributed by atoms with Gasteiger partial charge in [0.15, 0.2) is 0 Å². The van der Waals surface area contributed by atoms with Gasteiger partial charge in [-0.25, -0.2) is 9.37 Å². The lowest BCUT2D eigenvalue weighted by Gasteiger charge is -2.09. The molecule has 2 aromatic heterocycles. The lowest BCUT2D eigenvalue weighted by atomic mass is 10.0. The molecule has 0 radical (unpaired) electrons. The molecule has 0 aliphatic rings. The summed E-state index contributed by atoms with van der Waals surface area (Å²) in [6.45, 7) is 1.76. The molecule has 4 aromatic rings. The zero-order valence-corrected chi connectivity index (χ0v) is 16.3. The number of amides is 1. The highest BCUT2D eigenvalue weighted by Gasteiger charge is 2.20. The fourth-order valence-electron chi connectivity index (χ4n) is 2.79. The maximum absolute atomic E-state index is 13.2. The third kappa shape index (κ3) is 3.42. The Hall–Kier alpha value is -2.81. The van der Waals surface area contributed by atoms with E-state index < -0.39 is 0 Å². The highest BCUT2D eigenvalue weighted by atomic mass is 127. The van der Waals surface area contributed by atoms with Crippen molar-refractivity contribution in [2.24, 2.45) is 0 Å². The molecule has 134 valence electrons. The highest BCUT2D eigenvalue weighted by Crippen LogP contribution is 2.28. The lowest BCUT2D eigenvalue weighted by molar-refractivity contribution is 0.102. The van der Waals surface area contributed by atoms with Crippen LogP contribution in [-0.2, 0) is 0 Å². The molecule has 0 atom stereocenters. The number of nitrogens with one attached hydrogen (secondary N) is 1. The molecule has 0 saturated carbocycles. The van der Waals surface area contributed by atoms with Gasteiger partial charge in [0.1, 0.15) is 5.82 Å². The number of nitrogens with zero attached hydrogens (tertiary/aromatic N) is 2. The van der Waals surface area contributed by atoms with Crippen LogP contribution in [0, 0.1) is 16.3 Å². The second kappa shape index (κ2) is 7.07. The monoisotopic (exact) mass is 473 g/mol. The van der Waals surface area contributed by atoms with E-state index in [0.29, 0.717) is 33.6 Å². The van der Waals surface area contributed by atoms with Crippen molar-refractivity contribution in [3.05, 3.63) is 75.2 Å². The number of pyridine rings is 1. The molecular formula is C20H13FIN3O2. The Bertz CT molecular complexity index is 1160. The fraction of sp³-hybridized carbons (Fsp3) is 0.0500. The number of hydrogen-bond donors (Lipinski definition) is 1. The van der Waals surface area contributed by atoms with Crippen molar-refractivity contribution < 1.29 is 13.7 Å². The zero-order chi connectivity index (χ0) is 19.0. The molecule has 5 nitrogen and oxygen atoms in total. The van der Waals surface area contributed by atoms with Crippen LogP contribution in [0.1, 0.15) is 16.1 Å². The van der Waals surface area contributed by atoms with Crippen LogP contribution in [0.4, 0.5) is 10.1 Å². The van der Waals surface area contributed by atoms with Crippen molar-refractivity contribution in [3.63, 3.8) is 0 Å². The van der Waals surface area contributed by atoms with Gasteiger partial charge < -0.3 is 9.84 Å². The number of carbonyl (C=O) groups is 1. The summed E-state index contributed by atoms with van der Waals surface area (Å²) < 4.78 is 19.4. The zero-order valence-electron chi connectivity index (χ0n) is 14.2. The number of carbonyl (C=O) groups excluding carboxylic acids is 1. The number of aryl methyl sites for hydroxylation is 1. The predicted octanol–water partition coefficient (Wildman–Crippen LogP) is 5.19. The van der Waals surface area contributed by atoms with Gasteiger partial charge in [-0.2, -0.15) is 0 Å². The van der Waals surface area contributed by atoms with Crippen molar-refractivity contribution in [1.29, 1.82) is 0 Å². The summed E-state index contributed by atoms with van der Waals surface area (Å²) in [4.78, 5) is 17.4. The minimum Gasteiger partial charge on any atom is -0.335 e. The first-order chi connectivity index (χ1) is 13.0. The third-order valence-corrected chi connectivity index (χ3v) is 5.06. The quantitative estimate of drug-likeness (QED) is 0.416. The highest BCUT2D eigenvalue weighted by molar-refractivity contribution is 14.1. The summed E-state index contributed by atoms with van der Waals surface area (Å²) in [7, 11) is 0. The molecule has 0 spiro atoms. The molecule has 0 aliphatic carbocycles. The van der Waals surface area contributed by atoms with E-state index in [-0.39, 0.29) is 17.4 Å². The normalized spacial score (nSPS) is 10.9. The van der Waals surface area contributed by atoms with Gasteiger partial charge in [0.05, 0.1) is 28.0 Å². The standard InChI is InChI=1S/C20H13FIN3O2/c1-11-18-14(19(26)23-16-5-3-2-4-15(16)22)10-17(24-20(18)27-25-11)12-6-8-13(21)9-7-12/h2-10H,1H3,(H,23,26). The minimum atomic E-state index is -0.341. The summed E-state index contributed by atoms with van der Waals surface area (Å²) in [5, 5.41) is 7.41. The van der Waals surface area contributed by atoms with Crippen LogP contribution in [-0.4, -0.2) is 16.0 Å². The van der Waals surface area contributed by atoms with Crippen LogP contribution in [0.3, 0.4) is 0 Å². The van der Waals surface area contributed by atoms with E-state index in [1.807, 2.05) is 24.3 Å². The van der Waals surface area contributed by atoms with Gasteiger partial charge in [-0.1, -0.05) is 17.3 Å². The van der Waals surface area contributed by atoms with Crippen molar-refractivity contribution >= 4 is 45.3 Å². The van der Waals surface area contributed by atoms with Crippen molar-refractivity contribution in [3.8, 4) is 11.3 Å². The van der Waals surface area contributed by atoms with E-state index >= 15 is 0 Å². The fourth-order valence-corrected chi connectivity index (χ4v) is 3.32. The Morgan fingerprint density at radius 2 is 1.89 bits per heavy atom. The van der Waals surface area contributed by atoms with E-state index in [4.69, 9.17) is 4.52 Å². The number of fused-ring (bicyclic) bond motifs is 1. The Labute approximate surface area is 167 Å². The number of halogens is 2. The summed E-state index contributed by atoms with van der Waals surface area (Å²) in [6.07, 6.45) is 0. The average Bonchev–Trinajstić information content (AvgIpc) is 3.04. The van der Waals surface area contributed by atoms with Gasteiger partial charge in [0, 0.05) is 9.13 Å². The molecule has 27 heavy (non-hydrogen) atoms. The summed E-state index contributed by atoms with van der Waals surface area (Å²) >= 11 is 2.16. The molecule has 0 aliphatic heterocycles. The maximum atomic E-state index is 13.2. The van der Waals surface area contributed by atoms with E-state index in [9.17, 15) is 9.18 Å². The van der Waals surface area contributed by atoms with Crippen LogP contribution in [0.25, 0.3) is 22.4 Å². The molecule has 2 aromatic carbocycles. The van der Waals surface area contributed by atoms with Gasteiger partial charge in [-0.05, 0) is 72.0 Å². The second-order valence-electron chi connectivity index (χ2n) is 5.94. The number of para-hydroxylation sites is 1. The topological polar surface area (TPSA) is 68.0 Å². The van der Waals surface area contributed by atoms with E-state index in [1.165, 1.54) is 12.1 Å². The summed E-state index contributed by atoms with van der Waals surface area (Å²) in [6, 6.07) is 15.1. The van der Waals surface area contributed by atoms with Crippen molar-refractivity contribution in [1.82, 2.24) is 10.1 Å². The van der Waals surface area contributed by atoms with Gasteiger partial charge in [-0.3, -0.25) is 4.79 Å². The van der Waals surface area contributed by atoms with Crippen molar-refractivity contribution in [2.75, 3.05) is 5.32 Å². The summed E-state index contributed by atoms with van der Waals surface area (Å²) in [5.41, 5.74) is 3.14. The molecule has 1 amide bonds. The van der Waals surface area contributed by atoms with Crippen LogP contribution in [0.5, 0.6) is 0 Å². The molecule has 4 rings (SSSR count). The first kappa shape index (κ1) is 17.6. The molecule has 0 unspecified atom stereocenters. The second-order valence-corrected chi connectivity index (χ2v) is 7.11. The SMILES string of the molecule is Cc1noc2nc(-c3ccc(F)cc3)cc(C(=O)Nc3ccccc3I)c12. The molecule has 0 saturated heterocycles. The Kier molecular flexibility index (Phi) is 4.61. The van der Waals surface area contributed by atoms with E-state index in [2.05, 4.69) is 38.0 Å². The number of hydrogen-bond acceptors (Lipinski definition) is 4. The van der Waals surface area contributed by atoms with Gasteiger partial charge in [-0.15, -0.1) is 0 Å². The molecular weight excluding hydrogens is 460 g/mol. The largest absolute Gasteiger partial charge is 0.335 e. The number of benzene rings is 2. The number of rotatable bonds is 3. The third-order valence-electron chi connectivity index (χ3n) is 4.12. The molecule has 2 heterocycles. The Morgan fingerprint density at radius 3 is 2.63 bits per heavy atom. The van der Waals surface area contributed by atoms with Crippen molar-refractivity contribution in [2.45, 2.75) is 6.92 Å². The molecule has 0 fully saturated rings. The Morgan fingerprint density at radius 1 is 1.15 bits per heavy atom. The average molecular weight is 473 g/mol. The minimum absolute atomic E-state index is 0.266. The molecule has 7 heteroatoms. The lowest BCUT2D eigenvalue weighted by Crippen LogP contribution is -2.14. The van der Waals surface area contributed by atoms with E-state index in [1.54, 1.807) is 25.1 Å². The van der Waals surface area contributed by atoms with Crippen LogP contribution >= 0.6 is 22.6 Å². The predicted molar refractivity (Wildman–Crippen MR) is 109 cm³/mol. The smallest absolute Gasteiger partial charge is 0.259 e. The molecule has 1 N–H and O–H groups in total. The van der Waals surface area contributed by atoms with Gasteiger partial charge >= 0.3 is 0 Å². The van der Waals surface area contributed by atoms with Gasteiger partial charge in [0.2, 0.25) is 0 Å². The maximum Gasteiger partial charge on any atom is 0.259 e. The summed E-state index contributed by atoms with van der Waals surface area (Å²) in [5.74, 6) is -0.631. The van der Waals surface area contributed by atoms with Crippen LogP contribution in [0.15, 0.2) is 59.1 Å². The first-order valence-corrected chi connectivity index (χ1v) is 9.19. The number of anilines is 1. The molecule has 0 bridgehead atoms. The van der Waals surface area contributed by atoms with E-state index in [0.717, 1.165) is 3.57 Å².